The monoisotopic (exact) mass is 176 g/mol. The molecule has 0 aromatic carbocycles. The van der Waals surface area contributed by atoms with Gasteiger partial charge in [-0.1, -0.05) is 0 Å². The van der Waals surface area contributed by atoms with Crippen LogP contribution in [0.25, 0.3) is 0 Å². The van der Waals surface area contributed by atoms with E-state index in [0.717, 1.165) is 25.9 Å². The molecule has 0 radical (unpaired) electrons. The molecule has 1 fully saturated rings. The first-order valence-electron chi connectivity index (χ1n) is 4.54. The first kappa shape index (κ1) is 8.27. The lowest BCUT2D eigenvalue weighted by Gasteiger charge is -2.24. The third-order valence-electron chi connectivity index (χ3n) is 2.48. The first-order valence-corrected chi connectivity index (χ1v) is 4.54. The van der Waals surface area contributed by atoms with E-state index < -0.39 is 0 Å². The molecule has 13 heavy (non-hydrogen) atoms. The van der Waals surface area contributed by atoms with Gasteiger partial charge >= 0.3 is 0 Å². The van der Waals surface area contributed by atoms with Crippen LogP contribution in [0.5, 0.6) is 0 Å². The summed E-state index contributed by atoms with van der Waals surface area (Å²) in [6.45, 7) is 2.07. The lowest BCUT2D eigenvalue weighted by molar-refractivity contribution is 0.366. The van der Waals surface area contributed by atoms with Gasteiger partial charge in [0, 0.05) is 6.04 Å². The lowest BCUT2D eigenvalue weighted by Crippen LogP contribution is -2.29. The number of imidazole rings is 1. The van der Waals surface area contributed by atoms with Gasteiger partial charge in [-0.05, 0) is 25.9 Å². The van der Waals surface area contributed by atoms with E-state index in [9.17, 15) is 0 Å². The molecule has 0 atom stereocenters. The SMILES string of the molecule is N#Cc1cncn1C1CCNCC1. The number of nitrogens with zero attached hydrogens (tertiary/aromatic N) is 3. The van der Waals surface area contributed by atoms with Crippen molar-refractivity contribution in [3.63, 3.8) is 0 Å². The molecule has 1 aliphatic heterocycles. The number of piperidine rings is 1. The van der Waals surface area contributed by atoms with Crippen molar-refractivity contribution < 1.29 is 0 Å². The molecule has 68 valence electrons. The van der Waals surface area contributed by atoms with Crippen LogP contribution in [0, 0.1) is 11.3 Å². The molecule has 4 heteroatoms. The van der Waals surface area contributed by atoms with Crippen molar-refractivity contribution in [2.24, 2.45) is 0 Å². The Kier molecular flexibility index (Phi) is 2.28. The molecule has 0 spiro atoms. The number of nitrogens with one attached hydrogen (secondary N) is 1. The van der Waals surface area contributed by atoms with Crippen LogP contribution >= 0.6 is 0 Å². The van der Waals surface area contributed by atoms with Crippen molar-refractivity contribution in [2.75, 3.05) is 13.1 Å². The summed E-state index contributed by atoms with van der Waals surface area (Å²) in [7, 11) is 0. The molecule has 0 amide bonds. The highest BCUT2D eigenvalue weighted by atomic mass is 15.1. The molecular formula is C9H12N4. The second-order valence-corrected chi connectivity index (χ2v) is 3.28. The van der Waals surface area contributed by atoms with Gasteiger partial charge < -0.3 is 9.88 Å². The summed E-state index contributed by atoms with van der Waals surface area (Å²) in [6, 6.07) is 2.61. The van der Waals surface area contributed by atoms with Crippen molar-refractivity contribution in [1.29, 1.82) is 5.26 Å². The van der Waals surface area contributed by atoms with Crippen LogP contribution in [0.3, 0.4) is 0 Å². The zero-order chi connectivity index (χ0) is 9.10. The van der Waals surface area contributed by atoms with Crippen LogP contribution in [-0.2, 0) is 0 Å². The van der Waals surface area contributed by atoms with Crippen LogP contribution in [0.2, 0.25) is 0 Å². The summed E-state index contributed by atoms with van der Waals surface area (Å²) < 4.78 is 1.99. The number of aromatic nitrogens is 2. The van der Waals surface area contributed by atoms with Gasteiger partial charge in [0.2, 0.25) is 0 Å². The van der Waals surface area contributed by atoms with Crippen molar-refractivity contribution in [2.45, 2.75) is 18.9 Å². The molecule has 4 nitrogen and oxygen atoms in total. The fraction of sp³-hybridized carbons (Fsp3) is 0.556. The summed E-state index contributed by atoms with van der Waals surface area (Å²) in [5.74, 6) is 0. The molecule has 1 saturated heterocycles. The Bertz CT molecular complexity index is 317. The summed E-state index contributed by atoms with van der Waals surface area (Å²) in [5, 5.41) is 12.1. The smallest absolute Gasteiger partial charge is 0.140 e. The van der Waals surface area contributed by atoms with Gasteiger partial charge in [0.1, 0.15) is 11.8 Å². The van der Waals surface area contributed by atoms with E-state index in [2.05, 4.69) is 16.4 Å². The molecule has 1 aromatic rings. The number of hydrogen-bond donors (Lipinski definition) is 1. The maximum atomic E-state index is 8.81. The summed E-state index contributed by atoms with van der Waals surface area (Å²) in [4.78, 5) is 3.99. The van der Waals surface area contributed by atoms with Crippen molar-refractivity contribution in [3.8, 4) is 6.07 Å². The second-order valence-electron chi connectivity index (χ2n) is 3.28. The van der Waals surface area contributed by atoms with E-state index in [0.29, 0.717) is 11.7 Å². The highest BCUT2D eigenvalue weighted by molar-refractivity contribution is 5.18. The largest absolute Gasteiger partial charge is 0.319 e. The number of hydrogen-bond acceptors (Lipinski definition) is 3. The third-order valence-corrected chi connectivity index (χ3v) is 2.48. The second kappa shape index (κ2) is 3.58. The van der Waals surface area contributed by atoms with Gasteiger partial charge in [0.05, 0.1) is 12.5 Å². The summed E-state index contributed by atoms with van der Waals surface area (Å²) in [6.07, 6.45) is 5.56. The van der Waals surface area contributed by atoms with Gasteiger partial charge in [0.15, 0.2) is 0 Å². The molecule has 2 rings (SSSR count). The van der Waals surface area contributed by atoms with E-state index >= 15 is 0 Å². The number of nitriles is 1. The Balaban J connectivity index is 2.19. The van der Waals surface area contributed by atoms with Crippen LogP contribution in [0.4, 0.5) is 0 Å². The molecule has 1 N–H and O–H groups in total. The zero-order valence-electron chi connectivity index (χ0n) is 7.40. The standard InChI is InChI=1S/C9H12N4/c10-5-9-6-12-7-13(9)8-1-3-11-4-2-8/h6-8,11H,1-4H2. The van der Waals surface area contributed by atoms with Gasteiger partial charge in [0.25, 0.3) is 0 Å². The zero-order valence-corrected chi connectivity index (χ0v) is 7.40. The minimum atomic E-state index is 0.457. The van der Waals surface area contributed by atoms with Crippen LogP contribution < -0.4 is 5.32 Å². The van der Waals surface area contributed by atoms with Crippen LogP contribution in [0.15, 0.2) is 12.5 Å². The molecule has 1 aliphatic rings. The highest BCUT2D eigenvalue weighted by Crippen LogP contribution is 2.19. The van der Waals surface area contributed by atoms with Gasteiger partial charge in [-0.2, -0.15) is 5.26 Å². The van der Waals surface area contributed by atoms with E-state index in [1.54, 1.807) is 12.5 Å². The fourth-order valence-electron chi connectivity index (χ4n) is 1.77. The Morgan fingerprint density at radius 1 is 1.54 bits per heavy atom. The van der Waals surface area contributed by atoms with Gasteiger partial charge in [-0.3, -0.25) is 0 Å². The molecule has 2 heterocycles. The molecule has 0 bridgehead atoms. The highest BCUT2D eigenvalue weighted by Gasteiger charge is 2.16. The minimum Gasteiger partial charge on any atom is -0.319 e. The molecule has 0 unspecified atom stereocenters. The van der Waals surface area contributed by atoms with E-state index in [-0.39, 0.29) is 0 Å². The average molecular weight is 176 g/mol. The lowest BCUT2D eigenvalue weighted by atomic mass is 10.1. The quantitative estimate of drug-likeness (QED) is 0.684. The molecule has 0 saturated carbocycles. The Labute approximate surface area is 77.2 Å². The van der Waals surface area contributed by atoms with Crippen LogP contribution in [-0.4, -0.2) is 22.6 Å². The van der Waals surface area contributed by atoms with Crippen LogP contribution in [0.1, 0.15) is 24.6 Å². The number of rotatable bonds is 1. The third kappa shape index (κ3) is 1.56. The van der Waals surface area contributed by atoms with Crippen molar-refractivity contribution in [3.05, 3.63) is 18.2 Å². The van der Waals surface area contributed by atoms with Crippen molar-refractivity contribution in [1.82, 2.24) is 14.9 Å². The summed E-state index contributed by atoms with van der Waals surface area (Å²) >= 11 is 0. The maximum Gasteiger partial charge on any atom is 0.140 e. The maximum absolute atomic E-state index is 8.81. The average Bonchev–Trinajstić information content (AvgIpc) is 2.67. The Morgan fingerprint density at radius 2 is 2.31 bits per heavy atom. The predicted molar refractivity (Wildman–Crippen MR) is 48.1 cm³/mol. The predicted octanol–water partition coefficient (Wildman–Crippen LogP) is 0.679. The molecular weight excluding hydrogens is 164 g/mol. The van der Waals surface area contributed by atoms with E-state index in [4.69, 9.17) is 5.26 Å². The topological polar surface area (TPSA) is 53.6 Å². The minimum absolute atomic E-state index is 0.457. The first-order chi connectivity index (χ1) is 6.42. The fourth-order valence-corrected chi connectivity index (χ4v) is 1.77. The Morgan fingerprint density at radius 3 is 3.00 bits per heavy atom. The summed E-state index contributed by atoms with van der Waals surface area (Å²) in [5.41, 5.74) is 0.673. The van der Waals surface area contributed by atoms with Crippen molar-refractivity contribution >= 4 is 0 Å². The van der Waals surface area contributed by atoms with Gasteiger partial charge in [-0.15, -0.1) is 0 Å². The van der Waals surface area contributed by atoms with Gasteiger partial charge in [-0.25, -0.2) is 4.98 Å². The van der Waals surface area contributed by atoms with E-state index in [1.165, 1.54) is 0 Å². The molecule has 1 aromatic heterocycles. The normalized spacial score (nSPS) is 18.4. The molecule has 0 aliphatic carbocycles. The Hall–Kier alpha value is -1.34. The van der Waals surface area contributed by atoms with E-state index in [1.807, 2.05) is 4.57 Å².